The van der Waals surface area contributed by atoms with Gasteiger partial charge in [0.1, 0.15) is 0 Å². The summed E-state index contributed by atoms with van der Waals surface area (Å²) in [7, 11) is 3.09. The minimum absolute atomic E-state index is 0.0146. The zero-order chi connectivity index (χ0) is 31.3. The van der Waals surface area contributed by atoms with Crippen molar-refractivity contribution in [2.45, 2.75) is 11.7 Å². The number of ether oxygens (including phenoxy) is 2. The van der Waals surface area contributed by atoms with Crippen LogP contribution in [-0.2, 0) is 11.3 Å². The number of amides is 1. The number of hydrogen-bond donors (Lipinski definition) is 0. The third-order valence-electron chi connectivity index (χ3n) is 7.04. The number of para-hydroxylation sites is 1. The lowest BCUT2D eigenvalue weighted by Gasteiger charge is -2.20. The molecule has 4 aromatic carbocycles. The molecule has 0 fully saturated rings. The van der Waals surface area contributed by atoms with Gasteiger partial charge in [-0.3, -0.25) is 19.1 Å². The van der Waals surface area contributed by atoms with Crippen LogP contribution in [0, 0.1) is 0 Å². The fourth-order valence-electron chi connectivity index (χ4n) is 4.78. The van der Waals surface area contributed by atoms with Gasteiger partial charge < -0.3 is 9.47 Å². The molecule has 0 unspecified atom stereocenters. The Kier molecular flexibility index (Phi) is 9.16. The van der Waals surface area contributed by atoms with E-state index in [1.165, 1.54) is 34.8 Å². The Morgan fingerprint density at radius 3 is 2.40 bits per heavy atom. The number of nitrogens with zero attached hydrogens (tertiary/aromatic N) is 4. The predicted molar refractivity (Wildman–Crippen MR) is 181 cm³/mol. The molecule has 0 aliphatic heterocycles. The predicted octanol–water partition coefficient (Wildman–Crippen LogP) is 7.51. The Morgan fingerprint density at radius 1 is 0.911 bits per heavy atom. The summed E-state index contributed by atoms with van der Waals surface area (Å²) in [4.78, 5) is 39.1. The van der Waals surface area contributed by atoms with Gasteiger partial charge in [-0.25, -0.2) is 9.97 Å². The molecule has 11 heteroatoms. The number of rotatable bonds is 10. The van der Waals surface area contributed by atoms with Gasteiger partial charge in [-0.2, -0.15) is 0 Å². The fraction of sp³-hybridized carbons (Fsp3) is 0.118. The minimum atomic E-state index is -0.253. The Bertz CT molecular complexity index is 2030. The topological polar surface area (TPSA) is 86.5 Å². The second-order valence-corrected chi connectivity index (χ2v) is 12.1. The number of thiazole rings is 1. The lowest BCUT2D eigenvalue weighted by molar-refractivity contribution is -0.116. The summed E-state index contributed by atoms with van der Waals surface area (Å²) in [5, 5.41) is 3.97. The molecular formula is C34H27ClN4O4S2. The van der Waals surface area contributed by atoms with E-state index >= 15 is 0 Å². The minimum Gasteiger partial charge on any atom is -0.493 e. The van der Waals surface area contributed by atoms with Crippen molar-refractivity contribution < 1.29 is 14.3 Å². The molecule has 2 heterocycles. The monoisotopic (exact) mass is 654 g/mol. The van der Waals surface area contributed by atoms with Gasteiger partial charge in [0.25, 0.3) is 5.56 Å². The molecule has 0 aliphatic rings. The number of carbonyl (C=O) groups excluding carboxylic acids is 1. The summed E-state index contributed by atoms with van der Waals surface area (Å²) in [6.45, 7) is 0.335. The summed E-state index contributed by atoms with van der Waals surface area (Å²) < 4.78 is 12.4. The summed E-state index contributed by atoms with van der Waals surface area (Å²) in [6, 6.07) is 29.6. The Hall–Kier alpha value is -4.64. The Balaban J connectivity index is 1.35. The van der Waals surface area contributed by atoms with Gasteiger partial charge in [0.15, 0.2) is 21.8 Å². The number of fused-ring (bicyclic) bond motifs is 1. The number of hydrogen-bond acceptors (Lipinski definition) is 8. The molecule has 0 atom stereocenters. The molecular weight excluding hydrogens is 628 g/mol. The van der Waals surface area contributed by atoms with Gasteiger partial charge in [0, 0.05) is 22.0 Å². The van der Waals surface area contributed by atoms with Crippen molar-refractivity contribution in [2.24, 2.45) is 0 Å². The average molecular weight is 655 g/mol. The number of halogens is 1. The van der Waals surface area contributed by atoms with E-state index in [-0.39, 0.29) is 17.2 Å². The molecule has 1 amide bonds. The summed E-state index contributed by atoms with van der Waals surface area (Å²) in [5.41, 5.74) is 3.45. The van der Waals surface area contributed by atoms with Gasteiger partial charge in [-0.1, -0.05) is 78.0 Å². The van der Waals surface area contributed by atoms with Gasteiger partial charge in [-0.05, 0) is 42.0 Å². The van der Waals surface area contributed by atoms with Crippen LogP contribution < -0.4 is 19.9 Å². The first-order valence-electron chi connectivity index (χ1n) is 13.9. The van der Waals surface area contributed by atoms with Gasteiger partial charge in [0.2, 0.25) is 5.91 Å². The maximum absolute atomic E-state index is 14.0. The van der Waals surface area contributed by atoms with Gasteiger partial charge in [-0.15, -0.1) is 11.3 Å². The summed E-state index contributed by atoms with van der Waals surface area (Å²) >= 11 is 8.67. The lowest BCUT2D eigenvalue weighted by atomic mass is 10.2. The fourth-order valence-corrected chi connectivity index (χ4v) is 6.64. The summed E-state index contributed by atoms with van der Waals surface area (Å²) in [6.07, 6.45) is 0. The first kappa shape index (κ1) is 30.4. The van der Waals surface area contributed by atoms with Crippen molar-refractivity contribution in [3.8, 4) is 28.4 Å². The molecule has 0 radical (unpaired) electrons. The smallest absolute Gasteiger partial charge is 0.266 e. The number of aromatic nitrogens is 3. The van der Waals surface area contributed by atoms with Crippen LogP contribution in [0.5, 0.6) is 11.5 Å². The molecule has 8 nitrogen and oxygen atoms in total. The van der Waals surface area contributed by atoms with E-state index in [2.05, 4.69) is 0 Å². The number of methoxy groups -OCH3 is 2. The maximum atomic E-state index is 14.0. The van der Waals surface area contributed by atoms with E-state index in [1.807, 2.05) is 66.0 Å². The highest BCUT2D eigenvalue weighted by atomic mass is 35.5. The van der Waals surface area contributed by atoms with Crippen LogP contribution in [0.15, 0.2) is 112 Å². The van der Waals surface area contributed by atoms with E-state index in [1.54, 1.807) is 48.4 Å². The van der Waals surface area contributed by atoms with E-state index in [0.29, 0.717) is 49.9 Å². The molecule has 0 aliphatic carbocycles. The van der Waals surface area contributed by atoms with Crippen LogP contribution in [0.25, 0.3) is 27.8 Å². The van der Waals surface area contributed by atoms with Crippen molar-refractivity contribution in [1.29, 1.82) is 0 Å². The Labute approximate surface area is 272 Å². The normalized spacial score (nSPS) is 11.0. The molecule has 6 rings (SSSR count). The largest absolute Gasteiger partial charge is 0.493 e. The molecule has 45 heavy (non-hydrogen) atoms. The molecule has 0 N–H and O–H groups in total. The highest BCUT2D eigenvalue weighted by Crippen LogP contribution is 2.32. The third-order valence-corrected chi connectivity index (χ3v) is 9.08. The molecule has 226 valence electrons. The number of thioether (sulfide) groups is 1. The van der Waals surface area contributed by atoms with Crippen molar-refractivity contribution in [3.05, 3.63) is 123 Å². The zero-order valence-electron chi connectivity index (χ0n) is 24.3. The van der Waals surface area contributed by atoms with E-state index in [4.69, 9.17) is 31.0 Å². The van der Waals surface area contributed by atoms with Crippen molar-refractivity contribution in [1.82, 2.24) is 14.5 Å². The summed E-state index contributed by atoms with van der Waals surface area (Å²) in [5.74, 6) is 0.838. The Morgan fingerprint density at radius 2 is 1.64 bits per heavy atom. The van der Waals surface area contributed by atoms with Crippen LogP contribution in [0.1, 0.15) is 5.56 Å². The van der Waals surface area contributed by atoms with Gasteiger partial charge in [0.05, 0.1) is 48.8 Å². The maximum Gasteiger partial charge on any atom is 0.266 e. The van der Waals surface area contributed by atoms with Crippen molar-refractivity contribution in [3.63, 3.8) is 0 Å². The molecule has 0 bridgehead atoms. The van der Waals surface area contributed by atoms with Crippen LogP contribution in [0.3, 0.4) is 0 Å². The van der Waals surface area contributed by atoms with E-state index in [9.17, 15) is 9.59 Å². The van der Waals surface area contributed by atoms with Crippen LogP contribution >= 0.6 is 34.7 Å². The highest BCUT2D eigenvalue weighted by Gasteiger charge is 2.23. The van der Waals surface area contributed by atoms with Crippen LogP contribution in [0.2, 0.25) is 5.02 Å². The zero-order valence-corrected chi connectivity index (χ0v) is 26.7. The number of carbonyl (C=O) groups is 1. The molecule has 0 saturated carbocycles. The van der Waals surface area contributed by atoms with Crippen LogP contribution in [0.4, 0.5) is 5.13 Å². The first-order chi connectivity index (χ1) is 21.9. The SMILES string of the molecule is COc1ccc(-n2c(SCC(=O)N(Cc3ccccc3)c3nc(-c4ccc(Cl)cc4)cs3)nc3ccccc3c2=O)cc1OC. The van der Waals surface area contributed by atoms with E-state index in [0.717, 1.165) is 16.8 Å². The molecule has 2 aromatic heterocycles. The lowest BCUT2D eigenvalue weighted by Crippen LogP contribution is -2.32. The molecule has 0 spiro atoms. The highest BCUT2D eigenvalue weighted by molar-refractivity contribution is 7.99. The second-order valence-electron chi connectivity index (χ2n) is 9.87. The number of benzene rings is 4. The third kappa shape index (κ3) is 6.58. The molecule has 6 aromatic rings. The first-order valence-corrected chi connectivity index (χ1v) is 16.1. The standard InChI is InChI=1S/C34H27ClN4O4S2/c1-42-29-17-16-25(18-30(29)43-2)39-32(41)26-10-6-7-11-27(26)36-34(39)45-21-31(40)38(19-22-8-4-3-5-9-22)33-37-28(20-44-33)23-12-14-24(35)15-13-23/h3-18,20H,19,21H2,1-2H3. The van der Waals surface area contributed by atoms with E-state index < -0.39 is 0 Å². The average Bonchev–Trinajstić information content (AvgIpc) is 3.56. The van der Waals surface area contributed by atoms with Crippen LogP contribution in [-0.4, -0.2) is 40.4 Å². The van der Waals surface area contributed by atoms with Gasteiger partial charge >= 0.3 is 0 Å². The second kappa shape index (κ2) is 13.6. The van der Waals surface area contributed by atoms with Crippen molar-refractivity contribution >= 4 is 56.6 Å². The van der Waals surface area contributed by atoms with Crippen molar-refractivity contribution in [2.75, 3.05) is 24.9 Å². The quantitative estimate of drug-likeness (QED) is 0.112. The molecule has 0 saturated heterocycles. The number of anilines is 1.